The monoisotopic (exact) mass is 320 g/mol. The highest BCUT2D eigenvalue weighted by Crippen LogP contribution is 2.38. The lowest BCUT2D eigenvalue weighted by Gasteiger charge is -2.18. The Balaban J connectivity index is 2.61. The molecule has 1 unspecified atom stereocenters. The van der Waals surface area contributed by atoms with Crippen molar-refractivity contribution in [3.05, 3.63) is 34.3 Å². The first-order valence-corrected chi connectivity index (χ1v) is 7.70. The largest absolute Gasteiger partial charge is 0.503 e. The van der Waals surface area contributed by atoms with Gasteiger partial charge in [-0.25, -0.2) is 0 Å². The van der Waals surface area contributed by atoms with Gasteiger partial charge in [0.05, 0.1) is 11.8 Å². The van der Waals surface area contributed by atoms with Crippen LogP contribution in [0.5, 0.6) is 5.75 Å². The molecule has 0 aliphatic carbocycles. The molecule has 0 aliphatic rings. The van der Waals surface area contributed by atoms with E-state index in [-0.39, 0.29) is 11.2 Å². The lowest BCUT2D eigenvalue weighted by Crippen LogP contribution is -2.10. The van der Waals surface area contributed by atoms with E-state index in [1.165, 1.54) is 0 Å². The number of nitrogens with one attached hydrogen (secondary N) is 2. The highest BCUT2D eigenvalue weighted by molar-refractivity contribution is 7.33. The summed E-state index contributed by atoms with van der Waals surface area (Å²) in [6.07, 6.45) is 0. The number of rotatable bonds is 1. The van der Waals surface area contributed by atoms with Crippen LogP contribution in [-0.2, 0) is 5.41 Å². The molecule has 0 bridgehead atoms. The van der Waals surface area contributed by atoms with Crippen LogP contribution in [0, 0.1) is 0 Å². The number of halogens is 2. The lowest BCUT2D eigenvalue weighted by atomic mass is 9.87. The molecule has 0 fully saturated rings. The molecule has 1 atom stereocenters. The summed E-state index contributed by atoms with van der Waals surface area (Å²) in [6, 6.07) is 5.60. The number of aromatic hydroxyl groups is 1. The molecule has 0 spiro atoms. The number of benzene rings is 1. The van der Waals surface area contributed by atoms with Crippen molar-refractivity contribution in [2.45, 2.75) is 26.2 Å². The predicted octanol–water partition coefficient (Wildman–Crippen LogP) is 4.67. The normalized spacial score (nSPS) is 12.6. The zero-order chi connectivity index (χ0) is 14.2. The van der Waals surface area contributed by atoms with Gasteiger partial charge in [0.15, 0.2) is 10.9 Å². The zero-order valence-corrected chi connectivity index (χ0v) is 13.2. The second kappa shape index (κ2) is 5.15. The molecule has 1 aromatic carbocycles. The Bertz CT molecular complexity index is 609. The van der Waals surface area contributed by atoms with Crippen LogP contribution in [0.3, 0.4) is 0 Å². The Hall–Kier alpha value is -1.04. The van der Waals surface area contributed by atoms with Gasteiger partial charge in [-0.3, -0.25) is 5.10 Å². The lowest BCUT2D eigenvalue weighted by molar-refractivity contribution is 0.477. The number of hydrogen-bond acceptors (Lipinski definition) is 1. The summed E-state index contributed by atoms with van der Waals surface area (Å²) >= 11 is 11.8. The number of phenolic OH excluding ortho intramolecular Hbond substituents is 1. The maximum Gasteiger partial charge on any atom is 0.244 e. The first kappa shape index (κ1) is 14.4. The molecule has 1 heterocycles. The Labute approximate surface area is 124 Å². The number of H-pyrrole nitrogens is 2. The third kappa shape index (κ3) is 3.29. The topological polar surface area (TPSA) is 56.7 Å². The van der Waals surface area contributed by atoms with Gasteiger partial charge in [0.2, 0.25) is 10.3 Å². The third-order valence-corrected chi connectivity index (χ3v) is 4.91. The summed E-state index contributed by atoms with van der Waals surface area (Å²) in [5.74, 6) is 0.219. The summed E-state index contributed by atoms with van der Waals surface area (Å²) in [5.41, 5.74) is 1.15. The van der Waals surface area contributed by atoms with Crippen molar-refractivity contribution in [2.24, 2.45) is 0 Å². The fourth-order valence-electron chi connectivity index (χ4n) is 1.63. The van der Waals surface area contributed by atoms with Crippen molar-refractivity contribution >= 4 is 34.0 Å². The summed E-state index contributed by atoms with van der Waals surface area (Å²) in [6.45, 7) is 6.37. The number of phenols is 1. The number of aromatic nitrogens is 3. The molecule has 104 valence electrons. The zero-order valence-electron chi connectivity index (χ0n) is 10.9. The van der Waals surface area contributed by atoms with Crippen LogP contribution < -0.4 is 0 Å². The van der Waals surface area contributed by atoms with Gasteiger partial charge < -0.3 is 5.11 Å². The predicted molar refractivity (Wildman–Crippen MR) is 81.2 cm³/mol. The molecule has 0 amide bonds. The van der Waals surface area contributed by atoms with E-state index >= 15 is 0 Å². The van der Waals surface area contributed by atoms with E-state index in [1.807, 2.05) is 12.1 Å². The molecule has 7 heteroatoms. The summed E-state index contributed by atoms with van der Waals surface area (Å²) in [5, 5.41) is 14.9. The Morgan fingerprint density at radius 3 is 2.58 bits per heavy atom. The molecule has 0 aliphatic heterocycles. The van der Waals surface area contributed by atoms with Crippen LogP contribution in [-0.4, -0.2) is 19.0 Å². The highest BCUT2D eigenvalue weighted by atomic mass is 35.5. The van der Waals surface area contributed by atoms with E-state index in [2.05, 4.69) is 30.4 Å². The molecular weight excluding hydrogens is 305 g/mol. The highest BCUT2D eigenvalue weighted by Gasteiger charge is 2.21. The van der Waals surface area contributed by atoms with Crippen LogP contribution in [0.1, 0.15) is 26.3 Å². The van der Waals surface area contributed by atoms with Crippen molar-refractivity contribution in [3.63, 3.8) is 0 Å². The summed E-state index contributed by atoms with van der Waals surface area (Å²) < 4.78 is 4.14. The first-order chi connectivity index (χ1) is 8.77. The van der Waals surface area contributed by atoms with E-state index in [0.717, 1.165) is 14.8 Å². The van der Waals surface area contributed by atoms with Crippen LogP contribution in [0.25, 0.3) is 4.90 Å². The number of aromatic amines is 2. The second-order valence-corrected chi connectivity index (χ2v) is 7.50. The van der Waals surface area contributed by atoms with E-state index in [9.17, 15) is 5.11 Å². The van der Waals surface area contributed by atoms with Gasteiger partial charge in [0.1, 0.15) is 10.7 Å². The van der Waals surface area contributed by atoms with Crippen LogP contribution in [0.4, 0.5) is 0 Å². The minimum Gasteiger partial charge on any atom is -0.503 e. The summed E-state index contributed by atoms with van der Waals surface area (Å²) in [4.78, 5) is 0.762. The van der Waals surface area contributed by atoms with Gasteiger partial charge in [0, 0.05) is 6.07 Å². The van der Waals surface area contributed by atoms with Gasteiger partial charge >= 0.3 is 0 Å². The van der Waals surface area contributed by atoms with Gasteiger partial charge in [-0.2, -0.15) is 0 Å². The molecular formula is C12H16Cl2N3OS+. The van der Waals surface area contributed by atoms with Crippen molar-refractivity contribution in [1.82, 2.24) is 13.9 Å². The molecule has 19 heavy (non-hydrogen) atoms. The second-order valence-electron chi connectivity index (χ2n) is 5.22. The SMILES string of the molecule is CC(C)(C)c1ccc(O)c(-[s+]2cc(Cl)[nH]n(Cl)[nH]2)c1. The fraction of sp³-hybridized carbons (Fsp3) is 0.333. The third-order valence-electron chi connectivity index (χ3n) is 2.67. The van der Waals surface area contributed by atoms with Crippen molar-refractivity contribution in [1.29, 1.82) is 0 Å². The fourth-order valence-corrected chi connectivity index (χ4v) is 3.64. The van der Waals surface area contributed by atoms with E-state index in [0.29, 0.717) is 5.15 Å². The Morgan fingerprint density at radius 2 is 2.00 bits per heavy atom. The molecule has 1 aromatic heterocycles. The molecule has 2 rings (SSSR count). The number of hydrogen-bond donors (Lipinski definition) is 3. The van der Waals surface area contributed by atoms with Crippen LogP contribution in [0.15, 0.2) is 23.6 Å². The Kier molecular flexibility index (Phi) is 3.90. The van der Waals surface area contributed by atoms with E-state index < -0.39 is 10.7 Å². The minimum absolute atomic E-state index is 0.00794. The van der Waals surface area contributed by atoms with Gasteiger partial charge in [-0.05, 0) is 17.0 Å². The van der Waals surface area contributed by atoms with Gasteiger partial charge in [-0.1, -0.05) is 47.2 Å². The maximum atomic E-state index is 10.0. The van der Waals surface area contributed by atoms with E-state index in [4.69, 9.17) is 23.4 Å². The van der Waals surface area contributed by atoms with Crippen molar-refractivity contribution in [2.75, 3.05) is 0 Å². The molecule has 0 saturated carbocycles. The summed E-state index contributed by atoms with van der Waals surface area (Å²) in [7, 11) is -0.587. The van der Waals surface area contributed by atoms with Crippen molar-refractivity contribution in [3.8, 4) is 10.6 Å². The average Bonchev–Trinajstić information content (AvgIpc) is 2.26. The van der Waals surface area contributed by atoms with Gasteiger partial charge in [-0.15, -0.1) is 0 Å². The van der Waals surface area contributed by atoms with Crippen molar-refractivity contribution < 1.29 is 5.11 Å². The van der Waals surface area contributed by atoms with Gasteiger partial charge in [0.25, 0.3) is 0 Å². The smallest absolute Gasteiger partial charge is 0.244 e. The van der Waals surface area contributed by atoms with Crippen LogP contribution in [0.2, 0.25) is 5.15 Å². The maximum absolute atomic E-state index is 10.0. The molecule has 0 radical (unpaired) electrons. The minimum atomic E-state index is -0.587. The average molecular weight is 321 g/mol. The molecule has 4 nitrogen and oxygen atoms in total. The van der Waals surface area contributed by atoms with E-state index in [1.54, 1.807) is 11.4 Å². The quantitative estimate of drug-likeness (QED) is 0.657. The number of nitrogens with zero attached hydrogens (tertiary/aromatic N) is 1. The first-order valence-electron chi connectivity index (χ1n) is 5.70. The molecule has 0 saturated heterocycles. The van der Waals surface area contributed by atoms with Crippen LogP contribution >= 0.6 is 34.0 Å². The molecule has 2 aromatic rings. The Morgan fingerprint density at radius 1 is 1.32 bits per heavy atom. The standard InChI is InChI=1S/C12H15Cl2N3OS/c1-12(2,3)8-4-5-9(18)10(6-8)19-7-11(13)15-17(14)16-19/h4-7,15-16H,1-3H3/p+1. The molecule has 3 N–H and O–H groups in total.